The van der Waals surface area contributed by atoms with Crippen molar-refractivity contribution in [3.8, 4) is 16.9 Å². The van der Waals surface area contributed by atoms with Crippen LogP contribution in [0.25, 0.3) is 11.1 Å². The summed E-state index contributed by atoms with van der Waals surface area (Å²) < 4.78 is 27.8. The molecule has 0 saturated carbocycles. The van der Waals surface area contributed by atoms with Gasteiger partial charge in [-0.05, 0) is 30.2 Å². The van der Waals surface area contributed by atoms with Crippen LogP contribution in [0.2, 0.25) is 0 Å². The molecule has 0 heterocycles. The lowest BCUT2D eigenvalue weighted by Crippen LogP contribution is -2.11. The molecular weight excluding hydrogens is 248 g/mol. The van der Waals surface area contributed by atoms with Crippen LogP contribution in [0.15, 0.2) is 54.6 Å². The maximum atomic E-state index is 11.4. The van der Waals surface area contributed by atoms with Crippen LogP contribution in [0.5, 0.6) is 5.75 Å². The van der Waals surface area contributed by atoms with Gasteiger partial charge in [0.25, 0.3) is 0 Å². The minimum Gasteiger partial charge on any atom is -0.382 e. The van der Waals surface area contributed by atoms with E-state index in [1.807, 2.05) is 36.4 Å². The molecule has 0 radical (unpaired) electrons. The van der Waals surface area contributed by atoms with E-state index in [9.17, 15) is 8.42 Å². The third-order valence-electron chi connectivity index (χ3n) is 2.52. The monoisotopic (exact) mass is 262 g/mol. The number of hydrogen-bond acceptors (Lipinski definition) is 3. The zero-order chi connectivity index (χ0) is 13.0. The summed E-state index contributed by atoms with van der Waals surface area (Å²) in [5.74, 6) is 0.306. The normalized spacial score (nSPS) is 11.2. The Labute approximate surface area is 107 Å². The van der Waals surface area contributed by atoms with Crippen molar-refractivity contribution in [3.63, 3.8) is 0 Å². The zero-order valence-electron chi connectivity index (χ0n) is 10.0. The number of benzene rings is 2. The van der Waals surface area contributed by atoms with Crippen molar-refractivity contribution < 1.29 is 12.6 Å². The van der Waals surface area contributed by atoms with Gasteiger partial charge in [-0.1, -0.05) is 42.5 Å². The summed E-state index contributed by atoms with van der Waals surface area (Å²) in [6.45, 7) is 1.55. The third-order valence-corrected chi connectivity index (χ3v) is 3.67. The molecule has 0 aliphatic heterocycles. The SMILES string of the molecule is CCS(=O)(=O)Oc1cccc(-c2ccccc2)c1. The average Bonchev–Trinajstić information content (AvgIpc) is 2.40. The highest BCUT2D eigenvalue weighted by Crippen LogP contribution is 2.24. The highest BCUT2D eigenvalue weighted by molar-refractivity contribution is 7.87. The molecule has 0 bridgehead atoms. The lowest BCUT2D eigenvalue weighted by Gasteiger charge is -2.07. The predicted octanol–water partition coefficient (Wildman–Crippen LogP) is 3.08. The van der Waals surface area contributed by atoms with Gasteiger partial charge >= 0.3 is 10.1 Å². The van der Waals surface area contributed by atoms with E-state index in [0.717, 1.165) is 11.1 Å². The lowest BCUT2D eigenvalue weighted by molar-refractivity contribution is 0.487. The Bertz CT molecular complexity index is 618. The summed E-state index contributed by atoms with van der Waals surface area (Å²) in [6, 6.07) is 16.8. The molecule has 94 valence electrons. The van der Waals surface area contributed by atoms with Gasteiger partial charge in [0.2, 0.25) is 0 Å². The Kier molecular flexibility index (Phi) is 3.67. The Balaban J connectivity index is 2.32. The highest BCUT2D eigenvalue weighted by atomic mass is 32.2. The molecule has 0 amide bonds. The summed E-state index contributed by atoms with van der Waals surface area (Å²) >= 11 is 0. The molecule has 0 unspecified atom stereocenters. The van der Waals surface area contributed by atoms with E-state index in [2.05, 4.69) is 0 Å². The molecule has 0 aromatic heterocycles. The molecule has 2 aromatic rings. The van der Waals surface area contributed by atoms with Gasteiger partial charge in [0, 0.05) is 0 Å². The molecule has 0 saturated heterocycles. The van der Waals surface area contributed by atoms with E-state index < -0.39 is 10.1 Å². The van der Waals surface area contributed by atoms with Crippen LogP contribution < -0.4 is 4.18 Å². The van der Waals surface area contributed by atoms with Gasteiger partial charge < -0.3 is 4.18 Å². The third kappa shape index (κ3) is 3.11. The first kappa shape index (κ1) is 12.6. The van der Waals surface area contributed by atoms with Crippen LogP contribution in [0, 0.1) is 0 Å². The maximum absolute atomic E-state index is 11.4. The van der Waals surface area contributed by atoms with Crippen LogP contribution in [0.1, 0.15) is 6.92 Å². The largest absolute Gasteiger partial charge is 0.382 e. The van der Waals surface area contributed by atoms with Crippen molar-refractivity contribution in [1.82, 2.24) is 0 Å². The average molecular weight is 262 g/mol. The molecule has 4 heteroatoms. The first-order chi connectivity index (χ1) is 8.61. The summed E-state index contributed by atoms with van der Waals surface area (Å²) in [7, 11) is -3.47. The molecule has 0 N–H and O–H groups in total. The Morgan fingerprint density at radius 2 is 1.61 bits per heavy atom. The molecule has 18 heavy (non-hydrogen) atoms. The van der Waals surface area contributed by atoms with Crippen molar-refractivity contribution in [2.45, 2.75) is 6.92 Å². The fraction of sp³-hybridized carbons (Fsp3) is 0.143. The van der Waals surface area contributed by atoms with Gasteiger partial charge in [-0.3, -0.25) is 0 Å². The highest BCUT2D eigenvalue weighted by Gasteiger charge is 2.09. The van der Waals surface area contributed by atoms with Crippen LogP contribution >= 0.6 is 0 Å². The summed E-state index contributed by atoms with van der Waals surface area (Å²) in [5.41, 5.74) is 1.95. The molecule has 0 atom stereocenters. The molecule has 0 aliphatic carbocycles. The van der Waals surface area contributed by atoms with Gasteiger partial charge in [-0.2, -0.15) is 8.42 Å². The van der Waals surface area contributed by atoms with E-state index in [1.54, 1.807) is 25.1 Å². The second kappa shape index (κ2) is 5.23. The maximum Gasteiger partial charge on any atom is 0.308 e. The smallest absolute Gasteiger partial charge is 0.308 e. The minimum atomic E-state index is -3.47. The van der Waals surface area contributed by atoms with Crippen LogP contribution in [-0.4, -0.2) is 14.2 Å². The molecule has 0 spiro atoms. The molecule has 2 aromatic carbocycles. The summed E-state index contributed by atoms with van der Waals surface area (Å²) in [5, 5.41) is 0. The van der Waals surface area contributed by atoms with Crippen molar-refractivity contribution in [1.29, 1.82) is 0 Å². The summed E-state index contributed by atoms with van der Waals surface area (Å²) in [4.78, 5) is 0. The van der Waals surface area contributed by atoms with Crippen molar-refractivity contribution in [2.75, 3.05) is 5.75 Å². The fourth-order valence-electron chi connectivity index (χ4n) is 1.56. The Hall–Kier alpha value is -1.81. The zero-order valence-corrected chi connectivity index (χ0v) is 10.9. The van der Waals surface area contributed by atoms with Crippen molar-refractivity contribution in [3.05, 3.63) is 54.6 Å². The standard InChI is InChI=1S/C14H14O3S/c1-2-18(15,16)17-14-10-6-9-13(11-14)12-7-4-3-5-8-12/h3-11H,2H2,1H3. The molecule has 2 rings (SSSR count). The van der Waals surface area contributed by atoms with Crippen molar-refractivity contribution in [2.24, 2.45) is 0 Å². The van der Waals surface area contributed by atoms with E-state index in [1.165, 1.54) is 0 Å². The van der Waals surface area contributed by atoms with Gasteiger partial charge in [-0.15, -0.1) is 0 Å². The fourth-order valence-corrected chi connectivity index (χ4v) is 2.08. The number of hydrogen-bond donors (Lipinski definition) is 0. The van der Waals surface area contributed by atoms with Gasteiger partial charge in [0.05, 0.1) is 5.75 Å². The van der Waals surface area contributed by atoms with E-state index >= 15 is 0 Å². The molecule has 0 fully saturated rings. The van der Waals surface area contributed by atoms with Gasteiger partial charge in [0.15, 0.2) is 0 Å². The second-order valence-corrected chi connectivity index (χ2v) is 5.68. The Morgan fingerprint density at radius 3 is 2.28 bits per heavy atom. The van der Waals surface area contributed by atoms with E-state index in [-0.39, 0.29) is 5.75 Å². The second-order valence-electron chi connectivity index (χ2n) is 3.82. The first-order valence-electron chi connectivity index (χ1n) is 5.68. The quantitative estimate of drug-likeness (QED) is 0.795. The predicted molar refractivity (Wildman–Crippen MR) is 72.0 cm³/mol. The Morgan fingerprint density at radius 1 is 0.944 bits per heavy atom. The van der Waals surface area contributed by atoms with Crippen LogP contribution in [0.4, 0.5) is 0 Å². The van der Waals surface area contributed by atoms with Gasteiger partial charge in [-0.25, -0.2) is 0 Å². The first-order valence-corrected chi connectivity index (χ1v) is 7.26. The topological polar surface area (TPSA) is 43.4 Å². The molecular formula is C14H14O3S. The minimum absolute atomic E-state index is 0.0391. The summed E-state index contributed by atoms with van der Waals surface area (Å²) in [6.07, 6.45) is 0. The van der Waals surface area contributed by atoms with E-state index in [0.29, 0.717) is 5.75 Å². The molecule has 3 nitrogen and oxygen atoms in total. The lowest BCUT2D eigenvalue weighted by atomic mass is 10.1. The van der Waals surface area contributed by atoms with Crippen molar-refractivity contribution >= 4 is 10.1 Å². The van der Waals surface area contributed by atoms with Crippen LogP contribution in [-0.2, 0) is 10.1 Å². The van der Waals surface area contributed by atoms with Gasteiger partial charge in [0.1, 0.15) is 5.75 Å². The van der Waals surface area contributed by atoms with Crippen LogP contribution in [0.3, 0.4) is 0 Å². The number of rotatable bonds is 4. The molecule has 0 aliphatic rings. The van der Waals surface area contributed by atoms with E-state index in [4.69, 9.17) is 4.18 Å².